The molecule has 0 aliphatic heterocycles. The van der Waals surface area contributed by atoms with Crippen LogP contribution in [0, 0.1) is 0 Å². The van der Waals surface area contributed by atoms with Crippen LogP contribution in [0.25, 0.3) is 0 Å². The van der Waals surface area contributed by atoms with Crippen molar-refractivity contribution in [3.63, 3.8) is 0 Å². The highest BCUT2D eigenvalue weighted by atomic mass is 32.2. The fourth-order valence-electron chi connectivity index (χ4n) is 1.87. The first-order valence-corrected chi connectivity index (χ1v) is 9.57. The second kappa shape index (κ2) is 9.17. The summed E-state index contributed by atoms with van der Waals surface area (Å²) in [6.45, 7) is 2.60. The number of carbonyl (C=O) groups excluding carboxylic acids is 1. The Labute approximate surface area is 130 Å². The fraction of sp³-hybridized carbons (Fsp3) is 0.643. The predicted molar refractivity (Wildman–Crippen MR) is 83.7 cm³/mol. The van der Waals surface area contributed by atoms with Crippen LogP contribution in [-0.2, 0) is 26.0 Å². The molecule has 7 heteroatoms. The molecular weight excluding hydrogens is 310 g/mol. The first-order valence-electron chi connectivity index (χ1n) is 7.20. The van der Waals surface area contributed by atoms with Gasteiger partial charge in [0.2, 0.25) is 10.0 Å². The van der Waals surface area contributed by atoms with Crippen molar-refractivity contribution in [3.8, 4) is 0 Å². The lowest BCUT2D eigenvalue weighted by molar-refractivity contribution is -0.142. The van der Waals surface area contributed by atoms with Crippen molar-refractivity contribution in [2.24, 2.45) is 5.14 Å². The zero-order valence-corrected chi connectivity index (χ0v) is 14.0. The van der Waals surface area contributed by atoms with E-state index in [9.17, 15) is 13.2 Å². The number of unbranched alkanes of at least 4 members (excludes halogenated alkanes) is 5. The zero-order chi connectivity index (χ0) is 15.7. The van der Waals surface area contributed by atoms with Gasteiger partial charge in [0.15, 0.2) is 0 Å². The standard InChI is InChI=1S/C14H23NO4S2/c1-2-3-4-5-6-7-10-19-13(16)11-12-8-9-14(20-12)21(15,17)18/h8-9H,2-7,10-11H2,1H3,(H2,15,17,18). The fourth-order valence-corrected chi connectivity index (χ4v) is 3.63. The van der Waals surface area contributed by atoms with Crippen LogP contribution in [0.1, 0.15) is 50.3 Å². The molecule has 0 aliphatic carbocycles. The molecule has 0 atom stereocenters. The number of hydrogen-bond acceptors (Lipinski definition) is 5. The maximum atomic E-state index is 11.6. The van der Waals surface area contributed by atoms with Gasteiger partial charge in [-0.15, -0.1) is 11.3 Å². The number of esters is 1. The highest BCUT2D eigenvalue weighted by Crippen LogP contribution is 2.20. The van der Waals surface area contributed by atoms with Crippen molar-refractivity contribution in [1.82, 2.24) is 0 Å². The third-order valence-electron chi connectivity index (χ3n) is 3.00. The molecule has 0 amide bonds. The maximum Gasteiger partial charge on any atom is 0.311 e. The number of rotatable bonds is 10. The third kappa shape index (κ3) is 7.59. The summed E-state index contributed by atoms with van der Waals surface area (Å²) in [5.41, 5.74) is 0. The van der Waals surface area contributed by atoms with Crippen LogP contribution in [0.15, 0.2) is 16.3 Å². The molecule has 21 heavy (non-hydrogen) atoms. The Kier molecular flexibility index (Phi) is 7.92. The van der Waals surface area contributed by atoms with E-state index >= 15 is 0 Å². The molecule has 0 saturated heterocycles. The molecule has 1 aromatic rings. The smallest absolute Gasteiger partial charge is 0.311 e. The van der Waals surface area contributed by atoms with E-state index in [0.717, 1.165) is 24.2 Å². The number of hydrogen-bond donors (Lipinski definition) is 1. The molecule has 0 fully saturated rings. The van der Waals surface area contributed by atoms with Gasteiger partial charge >= 0.3 is 5.97 Å². The Balaban J connectivity index is 2.21. The van der Waals surface area contributed by atoms with E-state index in [1.807, 2.05) is 0 Å². The average molecular weight is 333 g/mol. The molecule has 0 spiro atoms. The van der Waals surface area contributed by atoms with Crippen LogP contribution in [-0.4, -0.2) is 21.0 Å². The zero-order valence-electron chi connectivity index (χ0n) is 12.3. The van der Waals surface area contributed by atoms with Gasteiger partial charge in [0.1, 0.15) is 4.21 Å². The summed E-state index contributed by atoms with van der Waals surface area (Å²) in [6, 6.07) is 3.01. The van der Waals surface area contributed by atoms with Crippen LogP contribution < -0.4 is 5.14 Å². The van der Waals surface area contributed by atoms with Crippen LogP contribution in [0.3, 0.4) is 0 Å². The van der Waals surface area contributed by atoms with E-state index in [0.29, 0.717) is 11.5 Å². The minimum Gasteiger partial charge on any atom is -0.465 e. The summed E-state index contributed by atoms with van der Waals surface area (Å²) in [4.78, 5) is 12.3. The monoisotopic (exact) mass is 333 g/mol. The molecule has 1 aromatic heterocycles. The van der Waals surface area contributed by atoms with Gasteiger partial charge in [0.25, 0.3) is 0 Å². The van der Waals surface area contributed by atoms with Crippen molar-refractivity contribution in [3.05, 3.63) is 17.0 Å². The van der Waals surface area contributed by atoms with E-state index in [-0.39, 0.29) is 16.6 Å². The normalized spacial score (nSPS) is 11.5. The molecule has 0 aromatic carbocycles. The summed E-state index contributed by atoms with van der Waals surface area (Å²) >= 11 is 1.01. The van der Waals surface area contributed by atoms with Gasteiger partial charge in [-0.2, -0.15) is 0 Å². The minimum absolute atomic E-state index is 0.0706. The van der Waals surface area contributed by atoms with Crippen molar-refractivity contribution in [2.75, 3.05) is 6.61 Å². The second-order valence-electron chi connectivity index (χ2n) is 4.93. The summed E-state index contributed by atoms with van der Waals surface area (Å²) in [6.07, 6.45) is 6.92. The Morgan fingerprint density at radius 3 is 2.48 bits per heavy atom. The van der Waals surface area contributed by atoms with Gasteiger partial charge in [0, 0.05) is 4.88 Å². The Morgan fingerprint density at radius 2 is 1.86 bits per heavy atom. The van der Waals surface area contributed by atoms with Gasteiger partial charge in [-0.05, 0) is 18.6 Å². The summed E-state index contributed by atoms with van der Waals surface area (Å²) in [7, 11) is -3.68. The second-order valence-corrected chi connectivity index (χ2v) is 7.89. The van der Waals surface area contributed by atoms with Gasteiger partial charge in [-0.1, -0.05) is 39.0 Å². The summed E-state index contributed by atoms with van der Waals surface area (Å²) in [5.74, 6) is -0.327. The molecule has 0 bridgehead atoms. The molecular formula is C14H23NO4S2. The number of sulfonamides is 1. The first kappa shape index (κ1) is 18.1. The SMILES string of the molecule is CCCCCCCCOC(=O)Cc1ccc(S(N)(=O)=O)s1. The molecule has 5 nitrogen and oxygen atoms in total. The first-order chi connectivity index (χ1) is 9.93. The van der Waals surface area contributed by atoms with Crippen LogP contribution in [0.5, 0.6) is 0 Å². The minimum atomic E-state index is -3.68. The molecule has 2 N–H and O–H groups in total. The number of thiophene rings is 1. The largest absolute Gasteiger partial charge is 0.465 e. The average Bonchev–Trinajstić information content (AvgIpc) is 2.86. The summed E-state index contributed by atoms with van der Waals surface area (Å²) < 4.78 is 27.5. The van der Waals surface area contributed by atoms with Gasteiger partial charge in [-0.25, -0.2) is 13.6 Å². The number of ether oxygens (including phenoxy) is 1. The molecule has 1 heterocycles. The predicted octanol–water partition coefficient (Wildman–Crippen LogP) is 2.84. The Morgan fingerprint density at radius 1 is 1.19 bits per heavy atom. The van der Waals surface area contributed by atoms with Crippen molar-refractivity contribution < 1.29 is 17.9 Å². The van der Waals surface area contributed by atoms with Gasteiger partial charge in [-0.3, -0.25) is 4.79 Å². The lowest BCUT2D eigenvalue weighted by Gasteiger charge is -2.04. The lowest BCUT2D eigenvalue weighted by atomic mass is 10.1. The van der Waals surface area contributed by atoms with Crippen LogP contribution >= 0.6 is 11.3 Å². The van der Waals surface area contributed by atoms with Crippen molar-refractivity contribution in [1.29, 1.82) is 0 Å². The lowest BCUT2D eigenvalue weighted by Crippen LogP contribution is -2.10. The summed E-state index contributed by atoms with van der Waals surface area (Å²) in [5, 5.41) is 5.02. The number of nitrogens with two attached hydrogens (primary N) is 1. The van der Waals surface area contributed by atoms with Crippen molar-refractivity contribution in [2.45, 2.75) is 56.1 Å². The molecule has 0 unspecified atom stereocenters. The number of carbonyl (C=O) groups is 1. The molecule has 0 radical (unpaired) electrons. The van der Waals surface area contributed by atoms with E-state index in [4.69, 9.17) is 9.88 Å². The third-order valence-corrected chi connectivity index (χ3v) is 5.52. The highest BCUT2D eigenvalue weighted by Gasteiger charge is 2.13. The van der Waals surface area contributed by atoms with E-state index in [1.165, 1.54) is 31.7 Å². The van der Waals surface area contributed by atoms with Crippen LogP contribution in [0.2, 0.25) is 0 Å². The van der Waals surface area contributed by atoms with Crippen LogP contribution in [0.4, 0.5) is 0 Å². The Hall–Kier alpha value is -0.920. The quantitative estimate of drug-likeness (QED) is 0.527. The molecule has 0 saturated carbocycles. The van der Waals surface area contributed by atoms with E-state index in [2.05, 4.69) is 6.92 Å². The highest BCUT2D eigenvalue weighted by molar-refractivity contribution is 7.91. The topological polar surface area (TPSA) is 86.5 Å². The van der Waals surface area contributed by atoms with Crippen molar-refractivity contribution >= 4 is 27.3 Å². The van der Waals surface area contributed by atoms with Gasteiger partial charge < -0.3 is 4.74 Å². The number of primary sulfonamides is 1. The molecule has 0 aliphatic rings. The van der Waals surface area contributed by atoms with E-state index < -0.39 is 10.0 Å². The maximum absolute atomic E-state index is 11.6. The molecule has 120 valence electrons. The molecule has 1 rings (SSSR count). The van der Waals surface area contributed by atoms with E-state index in [1.54, 1.807) is 6.07 Å². The Bertz CT molecular complexity index is 537. The van der Waals surface area contributed by atoms with Gasteiger partial charge in [0.05, 0.1) is 13.0 Å².